The zero-order valence-electron chi connectivity index (χ0n) is 33.5. The molecule has 0 aliphatic rings. The van der Waals surface area contributed by atoms with Crippen molar-refractivity contribution < 1.29 is 28.6 Å². The van der Waals surface area contributed by atoms with E-state index < -0.39 is 0 Å². The summed E-state index contributed by atoms with van der Waals surface area (Å²) in [5, 5.41) is 0. The Morgan fingerprint density at radius 1 is 0.500 bits per heavy atom. The number of unbranched alkanes of at least 4 members (excludes halogenated alkanes) is 16. The van der Waals surface area contributed by atoms with Gasteiger partial charge in [-0.05, 0) is 117 Å². The SMILES string of the molecule is CCCCCC/C=C\C(C)OC(=O)CCCCCCCC(CCCCCCCC(=O)OC(C)/C=C\CCCCCC)OC(=O)CCCN(C)C. The summed E-state index contributed by atoms with van der Waals surface area (Å²) in [4.78, 5) is 39.1. The van der Waals surface area contributed by atoms with Gasteiger partial charge in [0.1, 0.15) is 18.3 Å². The van der Waals surface area contributed by atoms with Crippen LogP contribution in [0, 0.1) is 0 Å². The number of hydrogen-bond donors (Lipinski definition) is 0. The molecular weight excluding hydrogens is 626 g/mol. The Labute approximate surface area is 308 Å². The van der Waals surface area contributed by atoms with Gasteiger partial charge in [0.2, 0.25) is 0 Å². The van der Waals surface area contributed by atoms with E-state index in [9.17, 15) is 14.4 Å². The van der Waals surface area contributed by atoms with Crippen LogP contribution in [0.2, 0.25) is 0 Å². The number of ether oxygens (including phenoxy) is 3. The van der Waals surface area contributed by atoms with Crippen LogP contribution in [-0.4, -0.2) is 61.8 Å². The molecule has 2 unspecified atom stereocenters. The van der Waals surface area contributed by atoms with Gasteiger partial charge in [-0.3, -0.25) is 14.4 Å². The number of nitrogens with zero attached hydrogens (tertiary/aromatic N) is 1. The molecule has 0 N–H and O–H groups in total. The topological polar surface area (TPSA) is 82.1 Å². The molecule has 0 radical (unpaired) electrons. The first kappa shape index (κ1) is 47.8. The van der Waals surface area contributed by atoms with Crippen molar-refractivity contribution in [2.45, 2.75) is 213 Å². The van der Waals surface area contributed by atoms with Gasteiger partial charge < -0.3 is 19.1 Å². The van der Waals surface area contributed by atoms with E-state index in [1.807, 2.05) is 40.1 Å². The van der Waals surface area contributed by atoms with Crippen molar-refractivity contribution >= 4 is 17.9 Å². The molecule has 0 saturated heterocycles. The maximum Gasteiger partial charge on any atom is 0.306 e. The maximum absolute atomic E-state index is 12.5. The smallest absolute Gasteiger partial charge is 0.306 e. The van der Waals surface area contributed by atoms with E-state index in [-0.39, 0.29) is 36.2 Å². The lowest BCUT2D eigenvalue weighted by Crippen LogP contribution is -2.20. The molecule has 7 heteroatoms. The summed E-state index contributed by atoms with van der Waals surface area (Å²) in [6, 6.07) is 0. The Kier molecular flexibility index (Phi) is 33.7. The van der Waals surface area contributed by atoms with Crippen molar-refractivity contribution in [2.75, 3.05) is 20.6 Å². The normalized spacial score (nSPS) is 13.6. The largest absolute Gasteiger partial charge is 0.462 e. The molecular formula is C43H79NO6. The van der Waals surface area contributed by atoms with E-state index in [0.717, 1.165) is 103 Å². The fraction of sp³-hybridized carbons (Fsp3) is 0.837. The summed E-state index contributed by atoms with van der Waals surface area (Å²) in [5.74, 6) is -0.310. The second kappa shape index (κ2) is 35.3. The number of rotatable bonds is 35. The van der Waals surface area contributed by atoms with Crippen LogP contribution in [0.3, 0.4) is 0 Å². The van der Waals surface area contributed by atoms with Gasteiger partial charge in [-0.1, -0.05) is 103 Å². The molecule has 0 bridgehead atoms. The van der Waals surface area contributed by atoms with Crippen LogP contribution in [0.5, 0.6) is 0 Å². The van der Waals surface area contributed by atoms with Gasteiger partial charge in [-0.2, -0.15) is 0 Å². The van der Waals surface area contributed by atoms with Crippen LogP contribution >= 0.6 is 0 Å². The molecule has 0 spiro atoms. The molecule has 0 heterocycles. The molecule has 0 fully saturated rings. The summed E-state index contributed by atoms with van der Waals surface area (Å²) in [6.45, 7) is 9.18. The highest BCUT2D eigenvalue weighted by molar-refractivity contribution is 5.70. The van der Waals surface area contributed by atoms with Gasteiger partial charge in [-0.15, -0.1) is 0 Å². The lowest BCUT2D eigenvalue weighted by Gasteiger charge is -2.18. The van der Waals surface area contributed by atoms with E-state index in [4.69, 9.17) is 14.2 Å². The second-order valence-electron chi connectivity index (χ2n) is 14.6. The van der Waals surface area contributed by atoms with Gasteiger partial charge in [0.15, 0.2) is 0 Å². The van der Waals surface area contributed by atoms with Crippen molar-refractivity contribution in [3.8, 4) is 0 Å². The van der Waals surface area contributed by atoms with Crippen molar-refractivity contribution in [2.24, 2.45) is 0 Å². The molecule has 292 valence electrons. The minimum Gasteiger partial charge on any atom is -0.462 e. The summed E-state index contributed by atoms with van der Waals surface area (Å²) in [7, 11) is 4.04. The number of allylic oxidation sites excluding steroid dienone is 2. The third kappa shape index (κ3) is 34.3. The second-order valence-corrected chi connectivity index (χ2v) is 14.6. The number of carbonyl (C=O) groups excluding carboxylic acids is 3. The first-order valence-corrected chi connectivity index (χ1v) is 20.7. The predicted octanol–water partition coefficient (Wildman–Crippen LogP) is 11.6. The zero-order chi connectivity index (χ0) is 37.1. The highest BCUT2D eigenvalue weighted by Gasteiger charge is 2.15. The van der Waals surface area contributed by atoms with E-state index in [2.05, 4.69) is 30.9 Å². The van der Waals surface area contributed by atoms with E-state index in [1.165, 1.54) is 51.4 Å². The molecule has 0 saturated carbocycles. The average molecular weight is 706 g/mol. The molecule has 0 rings (SSSR count). The standard InChI is InChI=1S/C43H79NO6/c1-7-9-11-13-17-23-30-38(3)48-41(45)34-27-21-15-19-25-32-40(50-43(47)36-29-37-44(5)6)33-26-20-16-22-28-35-42(46)49-39(4)31-24-18-14-12-10-8-2/h23-24,30-31,38-40H,7-22,25-29,32-37H2,1-6H3/b30-23-,31-24-. The lowest BCUT2D eigenvalue weighted by molar-refractivity contribution is -0.150. The van der Waals surface area contributed by atoms with E-state index >= 15 is 0 Å². The third-order valence-corrected chi connectivity index (χ3v) is 9.00. The Morgan fingerprint density at radius 3 is 1.32 bits per heavy atom. The van der Waals surface area contributed by atoms with Crippen LogP contribution in [0.25, 0.3) is 0 Å². The summed E-state index contributed by atoms with van der Waals surface area (Å²) >= 11 is 0. The Morgan fingerprint density at radius 2 is 0.880 bits per heavy atom. The lowest BCUT2D eigenvalue weighted by atomic mass is 10.0. The molecule has 0 amide bonds. The monoisotopic (exact) mass is 706 g/mol. The fourth-order valence-electron chi connectivity index (χ4n) is 5.95. The first-order chi connectivity index (χ1) is 24.2. The minimum absolute atomic E-state index is 0.0332. The maximum atomic E-state index is 12.5. The van der Waals surface area contributed by atoms with Crippen LogP contribution in [0.4, 0.5) is 0 Å². The molecule has 2 atom stereocenters. The van der Waals surface area contributed by atoms with Crippen LogP contribution < -0.4 is 0 Å². The van der Waals surface area contributed by atoms with Gasteiger partial charge in [0, 0.05) is 19.3 Å². The summed E-state index contributed by atoms with van der Waals surface area (Å²) < 4.78 is 17.0. The average Bonchev–Trinajstić information content (AvgIpc) is 3.06. The van der Waals surface area contributed by atoms with Gasteiger partial charge >= 0.3 is 17.9 Å². The first-order valence-electron chi connectivity index (χ1n) is 20.7. The van der Waals surface area contributed by atoms with Gasteiger partial charge in [0.25, 0.3) is 0 Å². The third-order valence-electron chi connectivity index (χ3n) is 9.00. The molecule has 0 aromatic carbocycles. The predicted molar refractivity (Wildman–Crippen MR) is 209 cm³/mol. The fourth-order valence-corrected chi connectivity index (χ4v) is 5.95. The number of esters is 3. The van der Waals surface area contributed by atoms with Gasteiger partial charge in [-0.25, -0.2) is 0 Å². The number of carbonyl (C=O) groups is 3. The molecule has 0 aromatic rings. The Bertz CT molecular complexity index is 813. The van der Waals surface area contributed by atoms with Crippen molar-refractivity contribution in [3.05, 3.63) is 24.3 Å². The summed E-state index contributed by atoms with van der Waals surface area (Å²) in [6.07, 6.45) is 34.0. The molecule has 0 aliphatic heterocycles. The Balaban J connectivity index is 4.25. The Hall–Kier alpha value is -2.15. The molecule has 0 aliphatic carbocycles. The van der Waals surface area contributed by atoms with Gasteiger partial charge in [0.05, 0.1) is 0 Å². The van der Waals surface area contributed by atoms with Crippen molar-refractivity contribution in [1.29, 1.82) is 0 Å². The highest BCUT2D eigenvalue weighted by Crippen LogP contribution is 2.18. The summed E-state index contributed by atoms with van der Waals surface area (Å²) in [5.41, 5.74) is 0. The van der Waals surface area contributed by atoms with Crippen LogP contribution in [-0.2, 0) is 28.6 Å². The molecule has 0 aromatic heterocycles. The van der Waals surface area contributed by atoms with Crippen molar-refractivity contribution in [3.63, 3.8) is 0 Å². The van der Waals surface area contributed by atoms with Crippen LogP contribution in [0.15, 0.2) is 24.3 Å². The highest BCUT2D eigenvalue weighted by atomic mass is 16.5. The molecule has 50 heavy (non-hydrogen) atoms. The van der Waals surface area contributed by atoms with Crippen LogP contribution in [0.1, 0.15) is 195 Å². The number of hydrogen-bond acceptors (Lipinski definition) is 7. The molecule has 7 nitrogen and oxygen atoms in total. The van der Waals surface area contributed by atoms with Crippen molar-refractivity contribution in [1.82, 2.24) is 4.90 Å². The van der Waals surface area contributed by atoms with E-state index in [1.54, 1.807) is 0 Å². The zero-order valence-corrected chi connectivity index (χ0v) is 33.5. The quantitative estimate of drug-likeness (QED) is 0.0281. The van der Waals surface area contributed by atoms with E-state index in [0.29, 0.717) is 19.3 Å². The minimum atomic E-state index is -0.161.